The van der Waals surface area contributed by atoms with Crippen molar-refractivity contribution in [2.75, 3.05) is 7.05 Å². The molecule has 0 saturated heterocycles. The van der Waals surface area contributed by atoms with Gasteiger partial charge in [-0.05, 0) is 24.5 Å². The number of amides is 1. The van der Waals surface area contributed by atoms with Gasteiger partial charge in [0.2, 0.25) is 5.91 Å². The van der Waals surface area contributed by atoms with Crippen LogP contribution in [-0.4, -0.2) is 28.9 Å². The van der Waals surface area contributed by atoms with Crippen LogP contribution in [-0.2, 0) is 22.6 Å². The third kappa shape index (κ3) is 4.39. The molecule has 1 atom stereocenters. The molecule has 4 nitrogen and oxygen atoms in total. The summed E-state index contributed by atoms with van der Waals surface area (Å²) in [5.41, 5.74) is 2.28. The van der Waals surface area contributed by atoms with E-state index in [0.29, 0.717) is 6.54 Å². The molecule has 0 fully saturated rings. The Labute approximate surface area is 114 Å². The fraction of sp³-hybridized carbons (Fsp3) is 0.467. The van der Waals surface area contributed by atoms with Crippen molar-refractivity contribution >= 4 is 11.9 Å². The van der Waals surface area contributed by atoms with Crippen molar-refractivity contribution in [2.24, 2.45) is 5.92 Å². The molecule has 1 rings (SSSR count). The van der Waals surface area contributed by atoms with Gasteiger partial charge in [-0.25, -0.2) is 0 Å². The van der Waals surface area contributed by atoms with Gasteiger partial charge in [0.05, 0.1) is 0 Å². The Morgan fingerprint density at radius 1 is 1.21 bits per heavy atom. The van der Waals surface area contributed by atoms with E-state index in [0.717, 1.165) is 18.4 Å². The summed E-state index contributed by atoms with van der Waals surface area (Å²) in [6.07, 6.45) is 2.15. The minimum atomic E-state index is -1.09. The maximum Gasteiger partial charge on any atom is 0.315 e. The molecular formula is C15H21NO3. The SMILES string of the molecule is CCCc1ccc(CN(C)C(=O)C(C)C(=O)O)cc1. The highest BCUT2D eigenvalue weighted by atomic mass is 16.4. The predicted octanol–water partition coefficient (Wildman–Crippen LogP) is 2.32. The van der Waals surface area contributed by atoms with Gasteiger partial charge in [0, 0.05) is 13.6 Å². The Bertz CT molecular complexity index is 439. The van der Waals surface area contributed by atoms with Crippen molar-refractivity contribution in [1.29, 1.82) is 0 Å². The second-order valence-corrected chi connectivity index (χ2v) is 4.82. The molecule has 0 aliphatic carbocycles. The molecule has 1 amide bonds. The summed E-state index contributed by atoms with van der Waals surface area (Å²) in [5, 5.41) is 8.82. The van der Waals surface area contributed by atoms with Gasteiger partial charge in [0.25, 0.3) is 0 Å². The first-order valence-electron chi connectivity index (χ1n) is 6.51. The zero-order valence-electron chi connectivity index (χ0n) is 11.7. The number of hydrogen-bond donors (Lipinski definition) is 1. The Kier molecular flexibility index (Phi) is 5.55. The van der Waals surface area contributed by atoms with Crippen LogP contribution >= 0.6 is 0 Å². The van der Waals surface area contributed by atoms with Crippen molar-refractivity contribution in [3.63, 3.8) is 0 Å². The fourth-order valence-electron chi connectivity index (χ4n) is 1.89. The van der Waals surface area contributed by atoms with Gasteiger partial charge < -0.3 is 10.0 Å². The molecule has 1 unspecified atom stereocenters. The highest BCUT2D eigenvalue weighted by Gasteiger charge is 2.23. The van der Waals surface area contributed by atoms with Crippen LogP contribution in [0.15, 0.2) is 24.3 Å². The van der Waals surface area contributed by atoms with E-state index in [1.54, 1.807) is 7.05 Å². The van der Waals surface area contributed by atoms with Crippen LogP contribution in [0.25, 0.3) is 0 Å². The van der Waals surface area contributed by atoms with Gasteiger partial charge in [0.1, 0.15) is 5.92 Å². The van der Waals surface area contributed by atoms with E-state index in [1.165, 1.54) is 17.4 Å². The van der Waals surface area contributed by atoms with E-state index in [4.69, 9.17) is 5.11 Å². The highest BCUT2D eigenvalue weighted by Crippen LogP contribution is 2.10. The van der Waals surface area contributed by atoms with Gasteiger partial charge >= 0.3 is 5.97 Å². The lowest BCUT2D eigenvalue weighted by Gasteiger charge is -2.19. The summed E-state index contributed by atoms with van der Waals surface area (Å²) in [5.74, 6) is -2.45. The van der Waals surface area contributed by atoms with E-state index < -0.39 is 11.9 Å². The zero-order valence-corrected chi connectivity index (χ0v) is 11.7. The van der Waals surface area contributed by atoms with Crippen molar-refractivity contribution in [2.45, 2.75) is 33.2 Å². The Hall–Kier alpha value is -1.84. The number of benzene rings is 1. The number of rotatable bonds is 6. The summed E-state index contributed by atoms with van der Waals surface area (Å²) < 4.78 is 0. The maximum atomic E-state index is 11.8. The van der Waals surface area contributed by atoms with Crippen molar-refractivity contribution in [3.8, 4) is 0 Å². The number of carboxylic acids is 1. The normalized spacial score (nSPS) is 11.9. The molecule has 0 radical (unpaired) electrons. The third-order valence-electron chi connectivity index (χ3n) is 3.10. The summed E-state index contributed by atoms with van der Waals surface area (Å²) in [4.78, 5) is 24.0. The molecular weight excluding hydrogens is 242 g/mol. The maximum absolute atomic E-state index is 11.8. The van der Waals surface area contributed by atoms with Crippen molar-refractivity contribution in [3.05, 3.63) is 35.4 Å². The molecule has 19 heavy (non-hydrogen) atoms. The van der Waals surface area contributed by atoms with Crippen LogP contribution in [0.1, 0.15) is 31.4 Å². The Balaban J connectivity index is 2.63. The van der Waals surface area contributed by atoms with Crippen LogP contribution in [0.2, 0.25) is 0 Å². The van der Waals surface area contributed by atoms with E-state index in [-0.39, 0.29) is 5.91 Å². The first kappa shape index (κ1) is 15.2. The summed E-state index contributed by atoms with van der Waals surface area (Å²) in [7, 11) is 1.63. The molecule has 0 aliphatic rings. The van der Waals surface area contributed by atoms with E-state index in [1.807, 2.05) is 12.1 Å². The van der Waals surface area contributed by atoms with Crippen molar-refractivity contribution in [1.82, 2.24) is 4.90 Å². The first-order valence-corrected chi connectivity index (χ1v) is 6.51. The molecule has 104 valence electrons. The van der Waals surface area contributed by atoms with Crippen LogP contribution in [0.3, 0.4) is 0 Å². The van der Waals surface area contributed by atoms with Crippen LogP contribution < -0.4 is 0 Å². The van der Waals surface area contributed by atoms with E-state index >= 15 is 0 Å². The standard InChI is InChI=1S/C15H21NO3/c1-4-5-12-6-8-13(9-7-12)10-16(3)14(17)11(2)15(18)19/h6-9,11H,4-5,10H2,1-3H3,(H,18,19). The highest BCUT2D eigenvalue weighted by molar-refractivity contribution is 5.96. The smallest absolute Gasteiger partial charge is 0.315 e. The van der Waals surface area contributed by atoms with Crippen LogP contribution in [0, 0.1) is 5.92 Å². The topological polar surface area (TPSA) is 57.6 Å². The summed E-state index contributed by atoms with van der Waals surface area (Å²) >= 11 is 0. The molecule has 0 bridgehead atoms. The number of hydrogen-bond acceptors (Lipinski definition) is 2. The molecule has 4 heteroatoms. The van der Waals surface area contributed by atoms with Gasteiger partial charge in [0.15, 0.2) is 0 Å². The quantitative estimate of drug-likeness (QED) is 0.801. The molecule has 1 N–H and O–H groups in total. The third-order valence-corrected chi connectivity index (χ3v) is 3.10. The zero-order chi connectivity index (χ0) is 14.4. The van der Waals surface area contributed by atoms with Crippen LogP contribution in [0.5, 0.6) is 0 Å². The number of carbonyl (C=O) groups excluding carboxylic acids is 1. The number of aryl methyl sites for hydroxylation is 1. The monoisotopic (exact) mass is 263 g/mol. The second-order valence-electron chi connectivity index (χ2n) is 4.82. The molecule has 0 spiro atoms. The lowest BCUT2D eigenvalue weighted by Crippen LogP contribution is -2.34. The summed E-state index contributed by atoms with van der Waals surface area (Å²) in [6.45, 7) is 3.97. The number of aliphatic carboxylic acids is 1. The average molecular weight is 263 g/mol. The number of carbonyl (C=O) groups is 2. The molecule has 1 aromatic carbocycles. The fourth-order valence-corrected chi connectivity index (χ4v) is 1.89. The minimum Gasteiger partial charge on any atom is -0.481 e. The predicted molar refractivity (Wildman–Crippen MR) is 73.7 cm³/mol. The van der Waals surface area contributed by atoms with Crippen molar-refractivity contribution < 1.29 is 14.7 Å². The Morgan fingerprint density at radius 2 is 1.74 bits per heavy atom. The van der Waals surface area contributed by atoms with Gasteiger partial charge in [-0.15, -0.1) is 0 Å². The first-order chi connectivity index (χ1) is 8.95. The van der Waals surface area contributed by atoms with E-state index in [9.17, 15) is 9.59 Å². The molecule has 0 saturated carbocycles. The molecule has 1 aromatic rings. The molecule has 0 aliphatic heterocycles. The van der Waals surface area contributed by atoms with Crippen LogP contribution in [0.4, 0.5) is 0 Å². The number of carboxylic acid groups (broad SMARTS) is 1. The van der Waals surface area contributed by atoms with Gasteiger partial charge in [-0.2, -0.15) is 0 Å². The largest absolute Gasteiger partial charge is 0.481 e. The Morgan fingerprint density at radius 3 is 2.21 bits per heavy atom. The number of nitrogens with zero attached hydrogens (tertiary/aromatic N) is 1. The average Bonchev–Trinajstić information content (AvgIpc) is 2.39. The lowest BCUT2D eigenvalue weighted by atomic mass is 10.1. The molecule has 0 heterocycles. The lowest BCUT2D eigenvalue weighted by molar-refractivity contribution is -0.149. The van der Waals surface area contributed by atoms with Gasteiger partial charge in [-0.3, -0.25) is 9.59 Å². The second kappa shape index (κ2) is 6.92. The van der Waals surface area contributed by atoms with Gasteiger partial charge in [-0.1, -0.05) is 37.6 Å². The molecule has 0 aromatic heterocycles. The van der Waals surface area contributed by atoms with E-state index in [2.05, 4.69) is 19.1 Å². The summed E-state index contributed by atoms with van der Waals surface area (Å²) in [6, 6.07) is 8.08. The minimum absolute atomic E-state index is 0.370.